The Bertz CT molecular complexity index is 559. The predicted octanol–water partition coefficient (Wildman–Crippen LogP) is 4.09. The van der Waals surface area contributed by atoms with Crippen LogP contribution in [0.5, 0.6) is 0 Å². The molecule has 2 heteroatoms. The van der Waals surface area contributed by atoms with Crippen LogP contribution in [-0.2, 0) is 0 Å². The van der Waals surface area contributed by atoms with Crippen LogP contribution in [0, 0.1) is 6.92 Å². The van der Waals surface area contributed by atoms with E-state index in [1.165, 1.54) is 24.8 Å². The van der Waals surface area contributed by atoms with Gasteiger partial charge in [0.15, 0.2) is 5.78 Å². The minimum absolute atomic E-state index is 0.0430. The zero-order valence-electron chi connectivity index (χ0n) is 10.5. The number of benzene rings is 1. The highest BCUT2D eigenvalue weighted by Gasteiger charge is 2.20. The molecule has 1 aromatic carbocycles. The normalized spacial score (nSPS) is 15.4. The summed E-state index contributed by atoms with van der Waals surface area (Å²) in [6.45, 7) is 1.82. The van der Waals surface area contributed by atoms with E-state index in [2.05, 4.69) is 12.1 Å². The summed E-state index contributed by atoms with van der Waals surface area (Å²) in [6.07, 6.45) is 5.47. The standard InChI is InChI=1S/C16H16O2/c1-11-15(9-10-18-11)16(17)14-7-5-13(6-8-14)12-3-2-4-12/h5-10,12H,2-4H2,1H3. The van der Waals surface area contributed by atoms with Crippen molar-refractivity contribution >= 4 is 5.78 Å². The van der Waals surface area contributed by atoms with Crippen LogP contribution in [0.1, 0.15) is 52.4 Å². The summed E-state index contributed by atoms with van der Waals surface area (Å²) in [5, 5.41) is 0. The van der Waals surface area contributed by atoms with Crippen LogP contribution >= 0.6 is 0 Å². The van der Waals surface area contributed by atoms with E-state index in [0.717, 1.165) is 5.56 Å². The number of carbonyl (C=O) groups excluding carboxylic acids is 1. The van der Waals surface area contributed by atoms with Gasteiger partial charge in [-0.05, 0) is 37.3 Å². The number of aryl methyl sites for hydroxylation is 1. The monoisotopic (exact) mass is 240 g/mol. The van der Waals surface area contributed by atoms with Crippen molar-refractivity contribution in [1.82, 2.24) is 0 Å². The summed E-state index contributed by atoms with van der Waals surface area (Å²) >= 11 is 0. The molecular formula is C16H16O2. The maximum atomic E-state index is 12.2. The maximum Gasteiger partial charge on any atom is 0.196 e. The van der Waals surface area contributed by atoms with E-state index in [0.29, 0.717) is 17.2 Å². The molecule has 92 valence electrons. The first-order valence-corrected chi connectivity index (χ1v) is 6.44. The Morgan fingerprint density at radius 3 is 2.39 bits per heavy atom. The Hall–Kier alpha value is -1.83. The summed E-state index contributed by atoms with van der Waals surface area (Å²) in [6, 6.07) is 9.78. The highest BCUT2D eigenvalue weighted by Crippen LogP contribution is 2.36. The molecule has 2 aromatic rings. The van der Waals surface area contributed by atoms with Crippen molar-refractivity contribution < 1.29 is 9.21 Å². The van der Waals surface area contributed by atoms with E-state index in [-0.39, 0.29) is 5.78 Å². The molecule has 3 rings (SSSR count). The summed E-state index contributed by atoms with van der Waals surface area (Å²) < 4.78 is 5.17. The third kappa shape index (κ3) is 1.88. The topological polar surface area (TPSA) is 30.2 Å². The number of hydrogen-bond donors (Lipinski definition) is 0. The molecule has 1 aliphatic rings. The molecule has 0 atom stereocenters. The van der Waals surface area contributed by atoms with Crippen molar-refractivity contribution in [3.8, 4) is 0 Å². The van der Waals surface area contributed by atoms with Gasteiger partial charge in [0.1, 0.15) is 5.76 Å². The van der Waals surface area contributed by atoms with Gasteiger partial charge in [-0.15, -0.1) is 0 Å². The third-order valence-electron chi connectivity index (χ3n) is 3.85. The minimum atomic E-state index is 0.0430. The van der Waals surface area contributed by atoms with Gasteiger partial charge >= 0.3 is 0 Å². The molecule has 18 heavy (non-hydrogen) atoms. The molecular weight excluding hydrogens is 224 g/mol. The lowest BCUT2D eigenvalue weighted by molar-refractivity contribution is 0.103. The lowest BCUT2D eigenvalue weighted by Gasteiger charge is -2.25. The Morgan fingerprint density at radius 2 is 1.89 bits per heavy atom. The van der Waals surface area contributed by atoms with Gasteiger partial charge in [0, 0.05) is 5.56 Å². The molecule has 0 bridgehead atoms. The van der Waals surface area contributed by atoms with Crippen LogP contribution in [0.25, 0.3) is 0 Å². The van der Waals surface area contributed by atoms with Crippen LogP contribution in [-0.4, -0.2) is 5.78 Å². The second kappa shape index (κ2) is 4.45. The SMILES string of the molecule is Cc1occc1C(=O)c1ccc(C2CCC2)cc1. The van der Waals surface area contributed by atoms with Crippen molar-refractivity contribution in [2.75, 3.05) is 0 Å². The second-order valence-corrected chi connectivity index (χ2v) is 4.97. The molecule has 0 amide bonds. The van der Waals surface area contributed by atoms with Crippen LogP contribution in [0.15, 0.2) is 41.0 Å². The number of carbonyl (C=O) groups is 1. The Labute approximate surface area is 107 Å². The Kier molecular flexibility index (Phi) is 2.78. The summed E-state index contributed by atoms with van der Waals surface area (Å²) in [4.78, 5) is 12.2. The maximum absolute atomic E-state index is 12.2. The molecule has 0 aliphatic heterocycles. The van der Waals surface area contributed by atoms with Crippen molar-refractivity contribution in [3.63, 3.8) is 0 Å². The minimum Gasteiger partial charge on any atom is -0.469 e. The molecule has 0 spiro atoms. The molecule has 1 aromatic heterocycles. The molecule has 1 aliphatic carbocycles. The number of ketones is 1. The highest BCUT2D eigenvalue weighted by molar-refractivity contribution is 6.09. The molecule has 2 nitrogen and oxygen atoms in total. The van der Waals surface area contributed by atoms with E-state index in [9.17, 15) is 4.79 Å². The average molecular weight is 240 g/mol. The molecule has 0 radical (unpaired) electrons. The van der Waals surface area contributed by atoms with E-state index >= 15 is 0 Å². The van der Waals surface area contributed by atoms with Crippen molar-refractivity contribution in [1.29, 1.82) is 0 Å². The van der Waals surface area contributed by atoms with Crippen LogP contribution in [0.4, 0.5) is 0 Å². The molecule has 0 unspecified atom stereocenters. The molecule has 1 saturated carbocycles. The molecule has 0 N–H and O–H groups in total. The fraction of sp³-hybridized carbons (Fsp3) is 0.312. The van der Waals surface area contributed by atoms with Gasteiger partial charge < -0.3 is 4.42 Å². The zero-order chi connectivity index (χ0) is 12.5. The van der Waals surface area contributed by atoms with Gasteiger partial charge in [0.05, 0.1) is 11.8 Å². The van der Waals surface area contributed by atoms with Crippen LogP contribution < -0.4 is 0 Å². The highest BCUT2D eigenvalue weighted by atomic mass is 16.3. The van der Waals surface area contributed by atoms with Crippen LogP contribution in [0.2, 0.25) is 0 Å². The van der Waals surface area contributed by atoms with Gasteiger partial charge in [0.2, 0.25) is 0 Å². The predicted molar refractivity (Wildman–Crippen MR) is 69.9 cm³/mol. The molecule has 1 fully saturated rings. The quantitative estimate of drug-likeness (QED) is 0.756. The van der Waals surface area contributed by atoms with E-state index in [1.54, 1.807) is 12.3 Å². The van der Waals surface area contributed by atoms with Gasteiger partial charge in [-0.2, -0.15) is 0 Å². The number of furan rings is 1. The number of rotatable bonds is 3. The first kappa shape index (κ1) is 11.3. The van der Waals surface area contributed by atoms with Gasteiger partial charge in [-0.3, -0.25) is 4.79 Å². The fourth-order valence-electron chi connectivity index (χ4n) is 2.42. The van der Waals surface area contributed by atoms with Gasteiger partial charge in [-0.25, -0.2) is 0 Å². The first-order valence-electron chi connectivity index (χ1n) is 6.44. The second-order valence-electron chi connectivity index (χ2n) is 4.97. The van der Waals surface area contributed by atoms with Gasteiger partial charge in [0.25, 0.3) is 0 Å². The molecule has 0 saturated heterocycles. The Morgan fingerprint density at radius 1 is 1.17 bits per heavy atom. The summed E-state index contributed by atoms with van der Waals surface area (Å²) in [5.74, 6) is 1.44. The summed E-state index contributed by atoms with van der Waals surface area (Å²) in [5.41, 5.74) is 2.76. The fourth-order valence-corrected chi connectivity index (χ4v) is 2.42. The van der Waals surface area contributed by atoms with E-state index < -0.39 is 0 Å². The first-order chi connectivity index (χ1) is 8.75. The van der Waals surface area contributed by atoms with E-state index in [4.69, 9.17) is 4.42 Å². The zero-order valence-corrected chi connectivity index (χ0v) is 10.5. The number of hydrogen-bond acceptors (Lipinski definition) is 2. The lowest BCUT2D eigenvalue weighted by Crippen LogP contribution is -2.09. The largest absolute Gasteiger partial charge is 0.469 e. The van der Waals surface area contributed by atoms with Crippen molar-refractivity contribution in [2.45, 2.75) is 32.1 Å². The van der Waals surface area contributed by atoms with Crippen LogP contribution in [0.3, 0.4) is 0 Å². The van der Waals surface area contributed by atoms with Gasteiger partial charge in [-0.1, -0.05) is 30.7 Å². The Balaban J connectivity index is 1.84. The smallest absolute Gasteiger partial charge is 0.196 e. The van der Waals surface area contributed by atoms with E-state index in [1.807, 2.05) is 19.1 Å². The summed E-state index contributed by atoms with van der Waals surface area (Å²) in [7, 11) is 0. The lowest BCUT2D eigenvalue weighted by atomic mass is 9.80. The van der Waals surface area contributed by atoms with Crippen molar-refractivity contribution in [2.24, 2.45) is 0 Å². The average Bonchev–Trinajstić information content (AvgIpc) is 2.73. The molecule has 1 heterocycles. The third-order valence-corrected chi connectivity index (χ3v) is 3.85. The van der Waals surface area contributed by atoms with Crippen molar-refractivity contribution in [3.05, 3.63) is 59.0 Å².